The second-order valence-corrected chi connectivity index (χ2v) is 6.23. The Morgan fingerprint density at radius 1 is 1.32 bits per heavy atom. The highest BCUT2D eigenvalue weighted by molar-refractivity contribution is 5.85. The van der Waals surface area contributed by atoms with E-state index in [0.717, 1.165) is 11.3 Å². The summed E-state index contributed by atoms with van der Waals surface area (Å²) in [6.45, 7) is 6.69. The molecular formula is C17H25ClN4O3. The van der Waals surface area contributed by atoms with Gasteiger partial charge in [0.15, 0.2) is 0 Å². The van der Waals surface area contributed by atoms with Gasteiger partial charge in [0, 0.05) is 30.5 Å². The highest BCUT2D eigenvalue weighted by atomic mass is 35.5. The molecule has 0 unspecified atom stereocenters. The summed E-state index contributed by atoms with van der Waals surface area (Å²) in [5.74, 6) is 1.64. The van der Waals surface area contributed by atoms with Crippen LogP contribution < -0.4 is 15.8 Å². The molecule has 0 radical (unpaired) electrons. The maximum atomic E-state index is 11.8. The number of ether oxygens (including phenoxy) is 1. The molecule has 8 heteroatoms. The quantitative estimate of drug-likeness (QED) is 0.741. The predicted molar refractivity (Wildman–Crippen MR) is 97.7 cm³/mol. The number of hydrogen-bond acceptors (Lipinski definition) is 6. The van der Waals surface area contributed by atoms with E-state index in [1.807, 2.05) is 45.0 Å². The summed E-state index contributed by atoms with van der Waals surface area (Å²) < 4.78 is 10.6. The van der Waals surface area contributed by atoms with Crippen molar-refractivity contribution in [2.45, 2.75) is 39.2 Å². The van der Waals surface area contributed by atoms with Crippen molar-refractivity contribution in [3.63, 3.8) is 0 Å². The first-order valence-electron chi connectivity index (χ1n) is 7.99. The SMILES string of the molecule is CCOc1ccc(-c2noc(CCC(=O)NCC(C)(C)N)n2)cc1.Cl. The van der Waals surface area contributed by atoms with Crippen LogP contribution in [0, 0.1) is 0 Å². The number of amides is 1. The van der Waals surface area contributed by atoms with Crippen LogP contribution in [0.25, 0.3) is 11.4 Å². The van der Waals surface area contributed by atoms with Crippen molar-refractivity contribution in [1.29, 1.82) is 0 Å². The Hall–Kier alpha value is -2.12. The monoisotopic (exact) mass is 368 g/mol. The van der Waals surface area contributed by atoms with Gasteiger partial charge in [0.1, 0.15) is 5.75 Å². The third-order valence-electron chi connectivity index (χ3n) is 3.20. The smallest absolute Gasteiger partial charge is 0.227 e. The van der Waals surface area contributed by atoms with Crippen molar-refractivity contribution < 1.29 is 14.1 Å². The first kappa shape index (κ1) is 20.9. The number of carbonyl (C=O) groups is 1. The molecule has 0 aliphatic carbocycles. The molecule has 1 heterocycles. The maximum Gasteiger partial charge on any atom is 0.227 e. The molecule has 0 aliphatic heterocycles. The second-order valence-electron chi connectivity index (χ2n) is 6.23. The number of nitrogens with one attached hydrogen (secondary N) is 1. The second kappa shape index (κ2) is 9.39. The minimum absolute atomic E-state index is 0. The number of aryl methyl sites for hydroxylation is 1. The molecule has 1 aromatic carbocycles. The number of halogens is 1. The third-order valence-corrected chi connectivity index (χ3v) is 3.20. The van der Waals surface area contributed by atoms with Crippen LogP contribution in [0.1, 0.15) is 33.1 Å². The molecule has 1 amide bonds. The Morgan fingerprint density at radius 2 is 2.00 bits per heavy atom. The molecule has 7 nitrogen and oxygen atoms in total. The van der Waals surface area contributed by atoms with Gasteiger partial charge in [-0.15, -0.1) is 12.4 Å². The van der Waals surface area contributed by atoms with E-state index in [-0.39, 0.29) is 24.7 Å². The summed E-state index contributed by atoms with van der Waals surface area (Å²) in [4.78, 5) is 16.1. The van der Waals surface area contributed by atoms with Gasteiger partial charge in [0.05, 0.1) is 6.61 Å². The summed E-state index contributed by atoms with van der Waals surface area (Å²) in [7, 11) is 0. The Morgan fingerprint density at radius 3 is 2.60 bits per heavy atom. The van der Waals surface area contributed by atoms with Crippen LogP contribution in [0.3, 0.4) is 0 Å². The summed E-state index contributed by atoms with van der Waals surface area (Å²) in [6.07, 6.45) is 0.669. The number of rotatable bonds is 8. The zero-order chi connectivity index (χ0) is 17.6. The van der Waals surface area contributed by atoms with Gasteiger partial charge in [-0.25, -0.2) is 0 Å². The first-order valence-corrected chi connectivity index (χ1v) is 7.99. The van der Waals surface area contributed by atoms with Crippen LogP contribution in [-0.2, 0) is 11.2 Å². The molecule has 0 atom stereocenters. The van der Waals surface area contributed by atoms with E-state index in [0.29, 0.717) is 31.3 Å². The molecule has 0 saturated heterocycles. The fourth-order valence-corrected chi connectivity index (χ4v) is 1.98. The Balaban J connectivity index is 0.00000312. The Bertz CT molecular complexity index is 665. The average Bonchev–Trinajstić information content (AvgIpc) is 3.00. The summed E-state index contributed by atoms with van der Waals surface area (Å²) in [5.41, 5.74) is 6.23. The van der Waals surface area contributed by atoms with Crippen molar-refractivity contribution in [2.24, 2.45) is 5.73 Å². The number of hydrogen-bond donors (Lipinski definition) is 2. The Kier molecular flexibility index (Phi) is 7.86. The highest BCUT2D eigenvalue weighted by Gasteiger charge is 2.14. The minimum Gasteiger partial charge on any atom is -0.494 e. The van der Waals surface area contributed by atoms with Gasteiger partial charge < -0.3 is 20.3 Å². The fraction of sp³-hybridized carbons (Fsp3) is 0.471. The number of nitrogens with zero attached hydrogens (tertiary/aromatic N) is 2. The summed E-state index contributed by atoms with van der Waals surface area (Å²) >= 11 is 0. The lowest BCUT2D eigenvalue weighted by atomic mass is 10.1. The molecule has 3 N–H and O–H groups in total. The molecule has 0 bridgehead atoms. The van der Waals surface area contributed by atoms with Gasteiger partial charge >= 0.3 is 0 Å². The maximum absolute atomic E-state index is 11.8. The first-order chi connectivity index (χ1) is 11.4. The van der Waals surface area contributed by atoms with Crippen molar-refractivity contribution in [2.75, 3.05) is 13.2 Å². The average molecular weight is 369 g/mol. The number of aromatic nitrogens is 2. The topological polar surface area (TPSA) is 103 Å². The zero-order valence-electron chi connectivity index (χ0n) is 14.7. The Labute approximate surface area is 153 Å². The van der Waals surface area contributed by atoms with Gasteiger partial charge in [-0.05, 0) is 45.0 Å². The van der Waals surface area contributed by atoms with Crippen LogP contribution in [0.2, 0.25) is 0 Å². The van der Waals surface area contributed by atoms with Gasteiger partial charge in [0.25, 0.3) is 0 Å². The molecule has 138 valence electrons. The molecule has 2 aromatic rings. The highest BCUT2D eigenvalue weighted by Crippen LogP contribution is 2.20. The van der Waals surface area contributed by atoms with Crippen LogP contribution in [0.5, 0.6) is 5.75 Å². The van der Waals surface area contributed by atoms with Crippen LogP contribution in [0.4, 0.5) is 0 Å². The van der Waals surface area contributed by atoms with Crippen LogP contribution >= 0.6 is 12.4 Å². The lowest BCUT2D eigenvalue weighted by molar-refractivity contribution is -0.121. The molecule has 0 spiro atoms. The van der Waals surface area contributed by atoms with E-state index in [1.54, 1.807) is 0 Å². The van der Waals surface area contributed by atoms with E-state index in [4.69, 9.17) is 15.0 Å². The number of carbonyl (C=O) groups excluding carboxylic acids is 1. The molecule has 0 fully saturated rings. The standard InChI is InChI=1S/C17H24N4O3.ClH/c1-4-23-13-7-5-12(6-8-13)16-20-15(24-21-16)10-9-14(22)19-11-17(2,3)18;/h5-8H,4,9-11,18H2,1-3H3,(H,19,22);1H. The van der Waals surface area contributed by atoms with Gasteiger partial charge in [0.2, 0.25) is 17.6 Å². The molecule has 2 rings (SSSR count). The molecule has 0 aliphatic rings. The predicted octanol–water partition coefficient (Wildman–Crippen LogP) is 2.34. The summed E-state index contributed by atoms with van der Waals surface area (Å²) in [6, 6.07) is 7.46. The molecular weight excluding hydrogens is 344 g/mol. The minimum atomic E-state index is -0.430. The largest absolute Gasteiger partial charge is 0.494 e. The lowest BCUT2D eigenvalue weighted by Crippen LogP contribution is -2.45. The van der Waals surface area contributed by atoms with Gasteiger partial charge in [-0.3, -0.25) is 4.79 Å². The van der Waals surface area contributed by atoms with E-state index in [1.165, 1.54) is 0 Å². The molecule has 1 aromatic heterocycles. The molecule has 25 heavy (non-hydrogen) atoms. The molecule has 0 saturated carbocycles. The van der Waals surface area contributed by atoms with Crippen molar-refractivity contribution in [1.82, 2.24) is 15.5 Å². The van der Waals surface area contributed by atoms with Crippen molar-refractivity contribution >= 4 is 18.3 Å². The zero-order valence-corrected chi connectivity index (χ0v) is 15.6. The van der Waals surface area contributed by atoms with Gasteiger partial charge in [-0.2, -0.15) is 4.98 Å². The van der Waals surface area contributed by atoms with Crippen molar-refractivity contribution in [3.8, 4) is 17.1 Å². The summed E-state index contributed by atoms with van der Waals surface area (Å²) in [5, 5.41) is 6.73. The van der Waals surface area contributed by atoms with Crippen molar-refractivity contribution in [3.05, 3.63) is 30.2 Å². The van der Waals surface area contributed by atoms with Gasteiger partial charge in [-0.1, -0.05) is 5.16 Å². The number of nitrogens with two attached hydrogens (primary N) is 1. The lowest BCUT2D eigenvalue weighted by Gasteiger charge is -2.18. The van der Waals surface area contributed by atoms with E-state index < -0.39 is 5.54 Å². The van der Waals surface area contributed by atoms with Crippen LogP contribution in [-0.4, -0.2) is 34.7 Å². The normalized spacial score (nSPS) is 10.9. The fourth-order valence-electron chi connectivity index (χ4n) is 1.98. The van der Waals surface area contributed by atoms with E-state index in [2.05, 4.69) is 15.5 Å². The number of benzene rings is 1. The third kappa shape index (κ3) is 7.11. The van der Waals surface area contributed by atoms with E-state index >= 15 is 0 Å². The van der Waals surface area contributed by atoms with E-state index in [9.17, 15) is 4.79 Å². The van der Waals surface area contributed by atoms with Crippen LogP contribution in [0.15, 0.2) is 28.8 Å².